The molecule has 4 nitrogen and oxygen atoms in total. The molecule has 8 aromatic carbocycles. The van der Waals surface area contributed by atoms with Crippen LogP contribution in [0.5, 0.6) is 0 Å². The van der Waals surface area contributed by atoms with Gasteiger partial charge in [0.2, 0.25) is 0 Å². The van der Waals surface area contributed by atoms with Crippen LogP contribution in [0.3, 0.4) is 0 Å². The van der Waals surface area contributed by atoms with Crippen LogP contribution in [0.1, 0.15) is 5.56 Å². The molecule has 0 aliphatic heterocycles. The van der Waals surface area contributed by atoms with E-state index in [1.54, 1.807) is 33.4 Å². The number of rotatable bonds is 7. The Labute approximate surface area is 386 Å². The summed E-state index contributed by atoms with van der Waals surface area (Å²) in [5.41, 5.74) is 7.42. The fraction of sp³-hybridized carbons (Fsp3) is 0.0169. The van der Waals surface area contributed by atoms with Gasteiger partial charge in [0.25, 0.3) is 0 Å². The number of hydrogen-bond acceptors (Lipinski definition) is 2. The van der Waals surface area contributed by atoms with Crippen molar-refractivity contribution in [1.29, 1.82) is 0 Å². The summed E-state index contributed by atoms with van der Waals surface area (Å²) in [4.78, 5) is 9.95. The van der Waals surface area contributed by atoms with E-state index in [0.29, 0.717) is 44.2 Å². The topological polar surface area (TPSA) is 35.6 Å². The molecule has 12 rings (SSSR count). The van der Waals surface area contributed by atoms with Gasteiger partial charge in [0.1, 0.15) is 17.2 Å². The minimum absolute atomic E-state index is 0.0820. The van der Waals surface area contributed by atoms with Crippen LogP contribution in [0.15, 0.2) is 212 Å². The molecule has 0 aliphatic rings. The fourth-order valence-electron chi connectivity index (χ4n) is 9.66. The van der Waals surface area contributed by atoms with Crippen LogP contribution < -0.4 is 0 Å². The van der Waals surface area contributed by atoms with Crippen LogP contribution in [0.4, 0.5) is 22.0 Å². The number of nitrogens with zero attached hydrogens (tertiary/aromatic N) is 4. The second kappa shape index (κ2) is 16.0. The second-order valence-corrected chi connectivity index (χ2v) is 16.8. The number of benzene rings is 8. The minimum Gasteiger partial charge on any atom is -0.309 e. The first kappa shape index (κ1) is 40.8. The standard InChI is InChI=1S/C59H35F5N4/c60-42-29-40(30-43(61)35-42)41-33-56(67-52-23-9-7-17-44(52)46-31-38(25-27-54(46)67)50-21-11-19-48(65-50)36-13-3-1-4-14-36)58(59(62,63)64)57(34-41)68-53-24-10-8-18-45(53)47-32-39(26-28-55(47)68)51-22-12-20-49(66-51)37-15-5-2-6-16-37/h1-35H. The zero-order valence-electron chi connectivity index (χ0n) is 35.9. The summed E-state index contributed by atoms with van der Waals surface area (Å²) in [5, 5.41) is 2.84. The van der Waals surface area contributed by atoms with Gasteiger partial charge in [0, 0.05) is 49.9 Å². The number of halogens is 5. The van der Waals surface area contributed by atoms with Crippen molar-refractivity contribution in [3.63, 3.8) is 0 Å². The molecule has 68 heavy (non-hydrogen) atoms. The van der Waals surface area contributed by atoms with Crippen molar-refractivity contribution >= 4 is 43.6 Å². The highest BCUT2D eigenvalue weighted by Gasteiger charge is 2.39. The van der Waals surface area contributed by atoms with Gasteiger partial charge in [-0.2, -0.15) is 13.2 Å². The highest BCUT2D eigenvalue weighted by atomic mass is 19.4. The Morgan fingerprint density at radius 3 is 1.13 bits per heavy atom. The third-order valence-electron chi connectivity index (χ3n) is 12.6. The van der Waals surface area contributed by atoms with Crippen molar-refractivity contribution in [2.75, 3.05) is 0 Å². The van der Waals surface area contributed by atoms with Crippen molar-refractivity contribution in [3.8, 4) is 67.5 Å². The maximum absolute atomic E-state index is 16.5. The van der Waals surface area contributed by atoms with E-state index < -0.39 is 23.4 Å². The second-order valence-electron chi connectivity index (χ2n) is 16.8. The molecule has 0 fully saturated rings. The van der Waals surface area contributed by atoms with Gasteiger partial charge in [-0.05, 0) is 96.1 Å². The summed E-state index contributed by atoms with van der Waals surface area (Å²) >= 11 is 0. The lowest BCUT2D eigenvalue weighted by atomic mass is 9.98. The molecule has 326 valence electrons. The Bertz CT molecular complexity index is 3690. The molecule has 0 atom stereocenters. The highest BCUT2D eigenvalue weighted by Crippen LogP contribution is 2.47. The van der Waals surface area contributed by atoms with Crippen LogP contribution in [-0.4, -0.2) is 19.1 Å². The number of fused-ring (bicyclic) bond motifs is 6. The third-order valence-corrected chi connectivity index (χ3v) is 12.6. The zero-order valence-corrected chi connectivity index (χ0v) is 35.9. The van der Waals surface area contributed by atoms with Crippen LogP contribution in [0.25, 0.3) is 111 Å². The zero-order chi connectivity index (χ0) is 46.1. The first-order chi connectivity index (χ1) is 33.2. The smallest absolute Gasteiger partial charge is 0.309 e. The SMILES string of the molecule is Fc1cc(F)cc(-c2cc(-n3c4ccccc4c4cc(-c5cccc(-c6ccccc6)n5)ccc43)c(C(F)(F)F)c(-n3c4ccccc4c4cc(-c5cccc(-c6ccccc6)n5)ccc43)c2)c1. The average Bonchev–Trinajstić information content (AvgIpc) is 3.88. The molecule has 0 unspecified atom stereocenters. The van der Waals surface area contributed by atoms with E-state index in [1.165, 1.54) is 12.1 Å². The Morgan fingerprint density at radius 1 is 0.309 bits per heavy atom. The lowest BCUT2D eigenvalue weighted by Gasteiger charge is -2.23. The van der Waals surface area contributed by atoms with Gasteiger partial charge in [0.05, 0.1) is 56.2 Å². The molecule has 0 aliphatic carbocycles. The average molecular weight is 895 g/mol. The van der Waals surface area contributed by atoms with E-state index in [0.717, 1.165) is 62.6 Å². The molecular formula is C59H35F5N4. The normalized spacial score (nSPS) is 11.9. The number of alkyl halides is 3. The predicted molar refractivity (Wildman–Crippen MR) is 263 cm³/mol. The van der Waals surface area contributed by atoms with Crippen molar-refractivity contribution in [2.24, 2.45) is 0 Å². The Hall–Kier alpha value is -8.69. The van der Waals surface area contributed by atoms with Crippen molar-refractivity contribution < 1.29 is 22.0 Å². The van der Waals surface area contributed by atoms with Gasteiger partial charge in [-0.3, -0.25) is 0 Å². The van der Waals surface area contributed by atoms with Gasteiger partial charge >= 0.3 is 6.18 Å². The quantitative estimate of drug-likeness (QED) is 0.149. The van der Waals surface area contributed by atoms with E-state index in [-0.39, 0.29) is 22.5 Å². The Balaban J connectivity index is 1.12. The largest absolute Gasteiger partial charge is 0.420 e. The number of pyridine rings is 2. The summed E-state index contributed by atoms with van der Waals surface area (Å²) in [6.07, 6.45) is -4.94. The first-order valence-electron chi connectivity index (χ1n) is 22.0. The molecule has 0 saturated carbocycles. The fourth-order valence-corrected chi connectivity index (χ4v) is 9.66. The van der Waals surface area contributed by atoms with E-state index in [4.69, 9.17) is 9.97 Å². The van der Waals surface area contributed by atoms with E-state index in [9.17, 15) is 0 Å². The van der Waals surface area contributed by atoms with Gasteiger partial charge in [-0.15, -0.1) is 0 Å². The van der Waals surface area contributed by atoms with Crippen LogP contribution >= 0.6 is 0 Å². The van der Waals surface area contributed by atoms with Crippen molar-refractivity contribution in [3.05, 3.63) is 230 Å². The molecule has 0 N–H and O–H groups in total. The third kappa shape index (κ3) is 6.98. The molecule has 0 bridgehead atoms. The molecular weight excluding hydrogens is 860 g/mol. The maximum atomic E-state index is 16.5. The van der Waals surface area contributed by atoms with Crippen molar-refractivity contribution in [2.45, 2.75) is 6.18 Å². The number of hydrogen-bond donors (Lipinski definition) is 0. The number of aromatic nitrogens is 4. The maximum Gasteiger partial charge on any atom is 0.420 e. The number of para-hydroxylation sites is 2. The monoisotopic (exact) mass is 894 g/mol. The Morgan fingerprint density at radius 2 is 0.691 bits per heavy atom. The molecule has 0 radical (unpaired) electrons. The van der Waals surface area contributed by atoms with Gasteiger partial charge in [0.15, 0.2) is 0 Å². The van der Waals surface area contributed by atoms with Crippen molar-refractivity contribution in [1.82, 2.24) is 19.1 Å². The van der Waals surface area contributed by atoms with Gasteiger partial charge in [-0.25, -0.2) is 18.7 Å². The molecule has 0 spiro atoms. The lowest BCUT2D eigenvalue weighted by Crippen LogP contribution is -2.16. The van der Waals surface area contributed by atoms with E-state index in [1.807, 2.05) is 158 Å². The highest BCUT2D eigenvalue weighted by molar-refractivity contribution is 6.12. The molecule has 4 heterocycles. The Kier molecular flexibility index (Phi) is 9.62. The van der Waals surface area contributed by atoms with Gasteiger partial charge < -0.3 is 9.13 Å². The molecule has 4 aromatic heterocycles. The molecule has 9 heteroatoms. The first-order valence-corrected chi connectivity index (χ1v) is 22.0. The lowest BCUT2D eigenvalue weighted by molar-refractivity contribution is -0.137. The molecule has 12 aromatic rings. The molecule has 0 amide bonds. The minimum atomic E-state index is -4.94. The van der Waals surface area contributed by atoms with Gasteiger partial charge in [-0.1, -0.05) is 121 Å². The summed E-state index contributed by atoms with van der Waals surface area (Å²) in [6.45, 7) is 0. The summed E-state index contributed by atoms with van der Waals surface area (Å²) < 4.78 is 83.0. The summed E-state index contributed by atoms with van der Waals surface area (Å²) in [7, 11) is 0. The van der Waals surface area contributed by atoms with Crippen LogP contribution in [0.2, 0.25) is 0 Å². The summed E-state index contributed by atoms with van der Waals surface area (Å²) in [5.74, 6) is -1.71. The van der Waals surface area contributed by atoms with Crippen LogP contribution in [-0.2, 0) is 6.18 Å². The molecule has 0 saturated heterocycles. The van der Waals surface area contributed by atoms with E-state index >= 15 is 22.0 Å². The summed E-state index contributed by atoms with van der Waals surface area (Å²) in [6, 6.07) is 63.0. The van der Waals surface area contributed by atoms with E-state index in [2.05, 4.69) is 0 Å². The predicted octanol–water partition coefficient (Wildman–Crippen LogP) is 16.3. The van der Waals surface area contributed by atoms with Crippen LogP contribution in [0, 0.1) is 11.6 Å².